The zero-order chi connectivity index (χ0) is 12.0. The zero-order valence-electron chi connectivity index (χ0n) is 9.04. The van der Waals surface area contributed by atoms with Gasteiger partial charge in [0.15, 0.2) is 6.04 Å². The molecule has 1 rings (SSSR count). The van der Waals surface area contributed by atoms with Gasteiger partial charge in [-0.2, -0.15) is 5.06 Å². The van der Waals surface area contributed by atoms with Gasteiger partial charge in [0.2, 0.25) is 0 Å². The van der Waals surface area contributed by atoms with E-state index in [1.807, 2.05) is 30.3 Å². The molecule has 0 heterocycles. The lowest BCUT2D eigenvalue weighted by atomic mass is 10.2. The molecule has 0 aromatic heterocycles. The number of hydroxylamine groups is 2. The highest BCUT2D eigenvalue weighted by atomic mass is 16.7. The Morgan fingerprint density at radius 1 is 1.44 bits per heavy atom. The molecule has 0 bridgehead atoms. The van der Waals surface area contributed by atoms with E-state index in [1.165, 1.54) is 12.2 Å². The molecule has 0 radical (unpaired) electrons. The molecule has 0 spiro atoms. The van der Waals surface area contributed by atoms with Crippen molar-refractivity contribution in [1.29, 1.82) is 0 Å². The molecular weight excluding hydrogens is 210 g/mol. The number of nitrogens with zero attached hydrogens (tertiary/aromatic N) is 1. The molecule has 16 heavy (non-hydrogen) atoms. The van der Waals surface area contributed by atoms with E-state index < -0.39 is 18.6 Å². The van der Waals surface area contributed by atoms with Crippen molar-refractivity contribution in [2.45, 2.75) is 12.6 Å². The summed E-state index contributed by atoms with van der Waals surface area (Å²) in [7, 11) is 1.38. The third-order valence-corrected chi connectivity index (χ3v) is 2.22. The second-order valence-corrected chi connectivity index (χ2v) is 3.28. The standard InChI is InChI=1S/C11H15NO4/c1-16-12(10(8-13)11(14)15)7-9-5-3-2-4-6-9/h2-6,10,13H,7-8H2,1H3,(H,14,15)/t10-/m0/s1. The van der Waals surface area contributed by atoms with Crippen molar-refractivity contribution in [3.8, 4) is 0 Å². The summed E-state index contributed by atoms with van der Waals surface area (Å²) < 4.78 is 0. The number of aliphatic hydroxyl groups is 1. The Morgan fingerprint density at radius 2 is 2.06 bits per heavy atom. The minimum atomic E-state index is -1.11. The van der Waals surface area contributed by atoms with Gasteiger partial charge in [-0.05, 0) is 5.56 Å². The van der Waals surface area contributed by atoms with E-state index in [2.05, 4.69) is 0 Å². The molecule has 1 atom stereocenters. The normalized spacial score (nSPS) is 12.7. The Morgan fingerprint density at radius 3 is 2.50 bits per heavy atom. The minimum Gasteiger partial charge on any atom is -0.480 e. The van der Waals surface area contributed by atoms with Gasteiger partial charge >= 0.3 is 5.97 Å². The van der Waals surface area contributed by atoms with Crippen LogP contribution in [0.4, 0.5) is 0 Å². The first kappa shape index (κ1) is 12.6. The fraction of sp³-hybridized carbons (Fsp3) is 0.364. The lowest BCUT2D eigenvalue weighted by Gasteiger charge is -2.24. The van der Waals surface area contributed by atoms with Crippen LogP contribution < -0.4 is 0 Å². The fourth-order valence-electron chi connectivity index (χ4n) is 1.36. The van der Waals surface area contributed by atoms with Crippen LogP contribution in [-0.4, -0.2) is 41.0 Å². The highest BCUT2D eigenvalue weighted by Gasteiger charge is 2.25. The number of carboxylic acids is 1. The number of rotatable bonds is 6. The Balaban J connectivity index is 2.71. The molecular formula is C11H15NO4. The monoisotopic (exact) mass is 225 g/mol. The van der Waals surface area contributed by atoms with Gasteiger partial charge in [-0.3, -0.25) is 4.79 Å². The van der Waals surface area contributed by atoms with Gasteiger partial charge in [0, 0.05) is 0 Å². The van der Waals surface area contributed by atoms with Crippen molar-refractivity contribution < 1.29 is 19.8 Å². The molecule has 0 aliphatic carbocycles. The smallest absolute Gasteiger partial charge is 0.325 e. The number of hydrogen-bond acceptors (Lipinski definition) is 4. The molecule has 88 valence electrons. The second kappa shape index (κ2) is 6.22. The SMILES string of the molecule is CON(Cc1ccccc1)[C@@H](CO)C(=O)O. The Kier molecular flexibility index (Phi) is 4.91. The summed E-state index contributed by atoms with van der Waals surface area (Å²) in [6.07, 6.45) is 0. The summed E-state index contributed by atoms with van der Waals surface area (Å²) >= 11 is 0. The topological polar surface area (TPSA) is 70.0 Å². The summed E-state index contributed by atoms with van der Waals surface area (Å²) in [5, 5.41) is 19.1. The maximum absolute atomic E-state index is 10.8. The third kappa shape index (κ3) is 3.30. The number of aliphatic carboxylic acids is 1. The number of carboxylic acid groups (broad SMARTS) is 1. The van der Waals surface area contributed by atoms with Crippen LogP contribution in [-0.2, 0) is 16.2 Å². The van der Waals surface area contributed by atoms with Crippen molar-refractivity contribution in [3.05, 3.63) is 35.9 Å². The van der Waals surface area contributed by atoms with E-state index >= 15 is 0 Å². The van der Waals surface area contributed by atoms with Gasteiger partial charge < -0.3 is 15.1 Å². The number of carbonyl (C=O) groups is 1. The van der Waals surface area contributed by atoms with Gasteiger partial charge in [0.1, 0.15) is 0 Å². The number of hydrogen-bond donors (Lipinski definition) is 2. The minimum absolute atomic E-state index is 0.314. The lowest BCUT2D eigenvalue weighted by Crippen LogP contribution is -2.42. The largest absolute Gasteiger partial charge is 0.480 e. The van der Waals surface area contributed by atoms with Crippen molar-refractivity contribution in [2.24, 2.45) is 0 Å². The maximum atomic E-state index is 10.8. The van der Waals surface area contributed by atoms with E-state index in [4.69, 9.17) is 15.1 Å². The summed E-state index contributed by atoms with van der Waals surface area (Å²) in [4.78, 5) is 15.8. The van der Waals surface area contributed by atoms with Gasteiger partial charge in [0.25, 0.3) is 0 Å². The highest BCUT2D eigenvalue weighted by molar-refractivity contribution is 5.73. The van der Waals surface area contributed by atoms with Crippen molar-refractivity contribution in [3.63, 3.8) is 0 Å². The molecule has 1 aromatic rings. The molecule has 0 saturated carbocycles. The molecule has 5 nitrogen and oxygen atoms in total. The maximum Gasteiger partial charge on any atom is 0.325 e. The van der Waals surface area contributed by atoms with Gasteiger partial charge in [-0.25, -0.2) is 0 Å². The molecule has 0 aliphatic rings. The van der Waals surface area contributed by atoms with Crippen LogP contribution in [0.3, 0.4) is 0 Å². The Labute approximate surface area is 93.8 Å². The van der Waals surface area contributed by atoms with Crippen molar-refractivity contribution in [1.82, 2.24) is 5.06 Å². The van der Waals surface area contributed by atoms with Gasteiger partial charge in [0.05, 0.1) is 20.3 Å². The van der Waals surface area contributed by atoms with Gasteiger partial charge in [-0.1, -0.05) is 30.3 Å². The van der Waals surface area contributed by atoms with E-state index in [1.54, 1.807) is 0 Å². The molecule has 0 amide bonds. The van der Waals surface area contributed by atoms with E-state index in [0.717, 1.165) is 5.56 Å². The summed E-state index contributed by atoms with van der Waals surface area (Å²) in [5.74, 6) is -1.11. The number of aliphatic hydroxyl groups excluding tert-OH is 1. The molecule has 0 saturated heterocycles. The molecule has 1 aromatic carbocycles. The van der Waals surface area contributed by atoms with Gasteiger partial charge in [-0.15, -0.1) is 0 Å². The summed E-state index contributed by atoms with van der Waals surface area (Å²) in [6, 6.07) is 8.27. The van der Waals surface area contributed by atoms with Crippen LogP contribution in [0.1, 0.15) is 5.56 Å². The summed E-state index contributed by atoms with van der Waals surface area (Å²) in [6.45, 7) is -0.176. The van der Waals surface area contributed by atoms with Crippen LogP contribution >= 0.6 is 0 Å². The lowest BCUT2D eigenvalue weighted by molar-refractivity contribution is -0.194. The number of benzene rings is 1. The van der Waals surface area contributed by atoms with E-state index in [-0.39, 0.29) is 0 Å². The average molecular weight is 225 g/mol. The first-order valence-corrected chi connectivity index (χ1v) is 4.87. The molecule has 2 N–H and O–H groups in total. The van der Waals surface area contributed by atoms with Crippen LogP contribution in [0, 0.1) is 0 Å². The first-order chi connectivity index (χ1) is 7.69. The zero-order valence-corrected chi connectivity index (χ0v) is 9.04. The Hall–Kier alpha value is -1.43. The second-order valence-electron chi connectivity index (χ2n) is 3.28. The van der Waals surface area contributed by atoms with E-state index in [0.29, 0.717) is 6.54 Å². The van der Waals surface area contributed by atoms with Crippen LogP contribution in [0.25, 0.3) is 0 Å². The molecule has 0 aliphatic heterocycles. The summed E-state index contributed by atoms with van der Waals surface area (Å²) in [5.41, 5.74) is 0.920. The van der Waals surface area contributed by atoms with Crippen molar-refractivity contribution >= 4 is 5.97 Å². The predicted molar refractivity (Wildman–Crippen MR) is 57.5 cm³/mol. The quantitative estimate of drug-likeness (QED) is 0.690. The molecule has 5 heteroatoms. The van der Waals surface area contributed by atoms with Crippen LogP contribution in [0.5, 0.6) is 0 Å². The Bertz CT molecular complexity index is 328. The van der Waals surface area contributed by atoms with Crippen molar-refractivity contribution in [2.75, 3.05) is 13.7 Å². The van der Waals surface area contributed by atoms with E-state index in [9.17, 15) is 4.79 Å². The third-order valence-electron chi connectivity index (χ3n) is 2.22. The fourth-order valence-corrected chi connectivity index (χ4v) is 1.36. The highest BCUT2D eigenvalue weighted by Crippen LogP contribution is 2.08. The van der Waals surface area contributed by atoms with Crippen LogP contribution in [0.15, 0.2) is 30.3 Å². The molecule has 0 unspecified atom stereocenters. The molecule has 0 fully saturated rings. The first-order valence-electron chi connectivity index (χ1n) is 4.87. The average Bonchev–Trinajstić information content (AvgIpc) is 2.29. The van der Waals surface area contributed by atoms with Crippen LogP contribution in [0.2, 0.25) is 0 Å². The predicted octanol–water partition coefficient (Wildman–Crippen LogP) is 0.496.